The van der Waals surface area contributed by atoms with Crippen LogP contribution in [-0.4, -0.2) is 47.5 Å². The van der Waals surface area contributed by atoms with Crippen molar-refractivity contribution < 1.29 is 19.4 Å². The van der Waals surface area contributed by atoms with E-state index in [0.29, 0.717) is 29.0 Å². The summed E-state index contributed by atoms with van der Waals surface area (Å²) in [6, 6.07) is 17.6. The molecule has 1 unspecified atom stereocenters. The Morgan fingerprint density at radius 1 is 1.00 bits per heavy atom. The summed E-state index contributed by atoms with van der Waals surface area (Å²) in [6.45, 7) is 6.77. The zero-order chi connectivity index (χ0) is 29.3. The van der Waals surface area contributed by atoms with Crippen LogP contribution in [0.3, 0.4) is 0 Å². The molecular formula is C33H36N4O4. The number of ketones is 1. The van der Waals surface area contributed by atoms with Crippen LogP contribution in [0.1, 0.15) is 54.5 Å². The molecule has 5 rings (SSSR count). The average Bonchev–Trinajstić information content (AvgIpc) is 3.48. The smallest absolute Gasteiger partial charge is 0.302 e. The highest BCUT2D eigenvalue weighted by atomic mass is 16.5. The van der Waals surface area contributed by atoms with Crippen molar-refractivity contribution in [2.45, 2.75) is 46.1 Å². The Kier molecular flexibility index (Phi) is 7.83. The Balaban J connectivity index is 1.59. The fraction of sp³-hybridized carbons (Fsp3) is 0.303. The van der Waals surface area contributed by atoms with Gasteiger partial charge in [-0.05, 0) is 85.5 Å². The molecule has 2 N–H and O–H groups in total. The fourth-order valence-electron chi connectivity index (χ4n) is 5.10. The molecule has 1 amide bonds. The van der Waals surface area contributed by atoms with Crippen LogP contribution >= 0.6 is 0 Å². The number of fused-ring (bicyclic) bond motifs is 1. The summed E-state index contributed by atoms with van der Waals surface area (Å²) in [7, 11) is 3.88. The zero-order valence-corrected chi connectivity index (χ0v) is 24.2. The molecule has 41 heavy (non-hydrogen) atoms. The number of aliphatic hydroxyl groups is 1. The Hall–Kier alpha value is -4.59. The van der Waals surface area contributed by atoms with Gasteiger partial charge in [-0.3, -0.25) is 14.5 Å². The van der Waals surface area contributed by atoms with Crippen LogP contribution in [0, 0.1) is 13.8 Å². The summed E-state index contributed by atoms with van der Waals surface area (Å²) in [6.07, 6.45) is 3.17. The van der Waals surface area contributed by atoms with Gasteiger partial charge in [-0.1, -0.05) is 31.9 Å². The van der Waals surface area contributed by atoms with Crippen LogP contribution in [0.2, 0.25) is 0 Å². The molecule has 0 spiro atoms. The third-order valence-electron chi connectivity index (χ3n) is 7.63. The second-order valence-electron chi connectivity index (χ2n) is 10.7. The van der Waals surface area contributed by atoms with Gasteiger partial charge >= 0.3 is 5.91 Å². The molecule has 1 aliphatic heterocycles. The van der Waals surface area contributed by atoms with E-state index in [1.165, 1.54) is 4.90 Å². The standard InChI is InChI=1S/C33H36N4O4/c1-6-7-8-17-41-25-15-11-23(12-16-25)30(38)28-29(22-9-13-24(14-10-22)36(4)5)37(32(40)31(28)39)33-34-26-18-20(2)21(3)19-27(26)35-33/h9-16,18-19,29,38H,6-8,17H2,1-5H3,(H,34,35)/b30-28+. The Morgan fingerprint density at radius 3 is 2.34 bits per heavy atom. The SMILES string of the molecule is CCCCCOc1ccc(/C(O)=C2\C(=O)C(=O)N(c3nc4cc(C)c(C)cc4[nH]3)C2c2ccc(N(C)C)cc2)cc1. The zero-order valence-electron chi connectivity index (χ0n) is 24.2. The van der Waals surface area contributed by atoms with Gasteiger partial charge in [0.2, 0.25) is 5.95 Å². The minimum absolute atomic E-state index is 0.0111. The number of aromatic amines is 1. The molecule has 0 radical (unpaired) electrons. The van der Waals surface area contributed by atoms with Crippen LogP contribution < -0.4 is 14.5 Å². The predicted molar refractivity (Wildman–Crippen MR) is 163 cm³/mol. The van der Waals surface area contributed by atoms with Crippen molar-refractivity contribution >= 4 is 40.1 Å². The maximum atomic E-state index is 13.6. The molecular weight excluding hydrogens is 516 g/mol. The van der Waals surface area contributed by atoms with Gasteiger partial charge in [0.05, 0.1) is 29.3 Å². The summed E-state index contributed by atoms with van der Waals surface area (Å²) >= 11 is 0. The normalized spacial score (nSPS) is 16.5. The van der Waals surface area contributed by atoms with Crippen molar-refractivity contribution in [2.75, 3.05) is 30.5 Å². The van der Waals surface area contributed by atoms with Gasteiger partial charge in [0.1, 0.15) is 11.5 Å². The van der Waals surface area contributed by atoms with Crippen LogP contribution in [0.5, 0.6) is 5.75 Å². The molecule has 0 bridgehead atoms. The number of rotatable bonds is 9. The molecule has 8 heteroatoms. The van der Waals surface area contributed by atoms with Gasteiger partial charge in [-0.15, -0.1) is 0 Å². The molecule has 3 aromatic carbocycles. The number of hydrogen-bond acceptors (Lipinski definition) is 6. The van der Waals surface area contributed by atoms with Crippen LogP contribution in [-0.2, 0) is 9.59 Å². The van der Waals surface area contributed by atoms with Crippen LogP contribution in [0.25, 0.3) is 16.8 Å². The number of carbonyl (C=O) groups excluding carboxylic acids is 2. The molecule has 1 aliphatic rings. The number of amides is 1. The number of carbonyl (C=O) groups is 2. The number of imidazole rings is 1. The number of hydrogen-bond donors (Lipinski definition) is 2. The van der Waals surface area contributed by atoms with E-state index in [2.05, 4.69) is 11.9 Å². The lowest BCUT2D eigenvalue weighted by Gasteiger charge is -2.23. The first-order valence-corrected chi connectivity index (χ1v) is 14.0. The Morgan fingerprint density at radius 2 is 1.68 bits per heavy atom. The van der Waals surface area contributed by atoms with Gasteiger partial charge in [-0.25, -0.2) is 4.98 Å². The number of benzene rings is 3. The predicted octanol–water partition coefficient (Wildman–Crippen LogP) is 6.44. The van der Waals surface area contributed by atoms with E-state index < -0.39 is 17.7 Å². The van der Waals surface area contributed by atoms with Crippen molar-refractivity contribution in [3.8, 4) is 5.75 Å². The summed E-state index contributed by atoms with van der Waals surface area (Å²) in [5, 5.41) is 11.5. The number of aromatic nitrogens is 2. The molecule has 4 aromatic rings. The summed E-state index contributed by atoms with van der Waals surface area (Å²) in [4.78, 5) is 38.4. The van der Waals surface area contributed by atoms with Crippen molar-refractivity contribution in [1.29, 1.82) is 0 Å². The third-order valence-corrected chi connectivity index (χ3v) is 7.63. The number of Topliss-reactive ketones (excluding diaryl/α,β-unsaturated/α-hetero) is 1. The first-order chi connectivity index (χ1) is 19.7. The topological polar surface area (TPSA) is 98.8 Å². The Bertz CT molecular complexity index is 1580. The van der Waals surface area contributed by atoms with Gasteiger partial charge in [0, 0.05) is 25.3 Å². The second kappa shape index (κ2) is 11.5. The van der Waals surface area contributed by atoms with E-state index in [9.17, 15) is 14.7 Å². The third kappa shape index (κ3) is 5.42. The number of ether oxygens (including phenoxy) is 1. The molecule has 212 valence electrons. The van der Waals surface area contributed by atoms with Gasteiger partial charge < -0.3 is 19.7 Å². The first-order valence-electron chi connectivity index (χ1n) is 14.0. The van der Waals surface area contributed by atoms with Gasteiger partial charge in [0.15, 0.2) is 0 Å². The fourth-order valence-corrected chi connectivity index (χ4v) is 5.10. The van der Waals surface area contributed by atoms with E-state index in [1.807, 2.05) is 69.2 Å². The number of nitrogens with zero attached hydrogens (tertiary/aromatic N) is 3. The van der Waals surface area contributed by atoms with Crippen molar-refractivity contribution in [2.24, 2.45) is 0 Å². The van der Waals surface area contributed by atoms with Crippen molar-refractivity contribution in [3.05, 3.63) is 88.5 Å². The van der Waals surface area contributed by atoms with Crippen molar-refractivity contribution in [1.82, 2.24) is 9.97 Å². The molecule has 0 saturated carbocycles. The van der Waals surface area contributed by atoms with Crippen LogP contribution in [0.15, 0.2) is 66.2 Å². The van der Waals surface area contributed by atoms with Gasteiger partial charge in [0.25, 0.3) is 5.78 Å². The van der Waals surface area contributed by atoms with E-state index in [-0.39, 0.29) is 17.3 Å². The highest BCUT2D eigenvalue weighted by molar-refractivity contribution is 6.51. The maximum Gasteiger partial charge on any atom is 0.302 e. The molecule has 1 aromatic heterocycles. The van der Waals surface area contributed by atoms with E-state index in [4.69, 9.17) is 9.72 Å². The Labute approximate surface area is 240 Å². The summed E-state index contributed by atoms with van der Waals surface area (Å²) in [5.41, 5.74) is 5.71. The molecule has 2 heterocycles. The molecule has 0 aliphatic carbocycles. The lowest BCUT2D eigenvalue weighted by atomic mass is 9.95. The lowest BCUT2D eigenvalue weighted by Crippen LogP contribution is -2.30. The van der Waals surface area contributed by atoms with E-state index in [1.54, 1.807) is 24.3 Å². The van der Waals surface area contributed by atoms with Gasteiger partial charge in [-0.2, -0.15) is 0 Å². The number of aryl methyl sites for hydroxylation is 2. The minimum atomic E-state index is -0.876. The van der Waals surface area contributed by atoms with E-state index in [0.717, 1.165) is 41.6 Å². The number of nitrogens with one attached hydrogen (secondary N) is 1. The molecule has 1 saturated heterocycles. The molecule has 8 nitrogen and oxygen atoms in total. The quantitative estimate of drug-likeness (QED) is 0.107. The second-order valence-corrected chi connectivity index (χ2v) is 10.7. The largest absolute Gasteiger partial charge is 0.507 e. The number of unbranched alkanes of at least 4 members (excludes halogenated alkanes) is 2. The summed E-state index contributed by atoms with van der Waals surface area (Å²) in [5.74, 6) is -0.827. The minimum Gasteiger partial charge on any atom is -0.507 e. The highest BCUT2D eigenvalue weighted by Crippen LogP contribution is 2.42. The summed E-state index contributed by atoms with van der Waals surface area (Å²) < 4.78 is 5.80. The number of anilines is 2. The molecule has 1 atom stereocenters. The van der Waals surface area contributed by atoms with E-state index >= 15 is 0 Å². The maximum absolute atomic E-state index is 13.6. The lowest BCUT2D eigenvalue weighted by molar-refractivity contribution is -0.132. The first kappa shape index (κ1) is 28.0. The van der Waals surface area contributed by atoms with Crippen molar-refractivity contribution in [3.63, 3.8) is 0 Å². The molecule has 1 fully saturated rings. The number of aliphatic hydroxyl groups excluding tert-OH is 1. The average molecular weight is 553 g/mol. The highest BCUT2D eigenvalue weighted by Gasteiger charge is 2.48. The monoisotopic (exact) mass is 552 g/mol. The number of H-pyrrole nitrogens is 1. The van der Waals surface area contributed by atoms with Crippen LogP contribution in [0.4, 0.5) is 11.6 Å².